The zero-order valence-corrected chi connectivity index (χ0v) is 27.8. The quantitative estimate of drug-likeness (QED) is 0.0806. The summed E-state index contributed by atoms with van der Waals surface area (Å²) in [7, 11) is -1.40. The van der Waals surface area contributed by atoms with Gasteiger partial charge in [-0.3, -0.25) is 0 Å². The van der Waals surface area contributed by atoms with E-state index >= 15 is 8.78 Å². The van der Waals surface area contributed by atoms with Crippen molar-refractivity contribution in [3.8, 4) is 11.5 Å². The number of aliphatic hydroxyl groups is 1. The summed E-state index contributed by atoms with van der Waals surface area (Å²) in [5.74, 6) is -3.11. The molecule has 8 nitrogen and oxygen atoms in total. The van der Waals surface area contributed by atoms with Crippen LogP contribution in [0.15, 0.2) is 30.6 Å². The van der Waals surface area contributed by atoms with E-state index in [2.05, 4.69) is 35.3 Å². The Hall–Kier alpha value is -2.85. The lowest BCUT2D eigenvalue weighted by Gasteiger charge is -2.43. The van der Waals surface area contributed by atoms with Gasteiger partial charge in [-0.1, -0.05) is 26.1 Å². The lowest BCUT2D eigenvalue weighted by molar-refractivity contribution is -0.212. The molecule has 2 fully saturated rings. The van der Waals surface area contributed by atoms with E-state index in [1.807, 2.05) is 0 Å². The number of ether oxygens (including phenoxy) is 3. The zero-order valence-electron chi connectivity index (χ0n) is 26.0. The third-order valence-electron chi connectivity index (χ3n) is 8.82. The first kappa shape index (κ1) is 34.5. The van der Waals surface area contributed by atoms with Gasteiger partial charge < -0.3 is 34.5 Å². The molecule has 252 valence electrons. The zero-order chi connectivity index (χ0) is 33.3. The molecule has 3 N–H and O–H groups in total. The summed E-state index contributed by atoms with van der Waals surface area (Å²) >= 11 is 5.27. The summed E-state index contributed by atoms with van der Waals surface area (Å²) in [5, 5.41) is 15.5. The molecule has 3 aromatic rings. The molecule has 15 heteroatoms. The van der Waals surface area contributed by atoms with Gasteiger partial charge in [0.05, 0.1) is 24.0 Å². The average molecular weight is 687 g/mol. The standard InChI is InChI=1S/C31H39F5N4O4SSi/c1-46(2,3)12-11-43-19-40-15-21(30(6-4-7-30)31(34,35)36)25-24(5-9-37-27(25)40)44-26-22(32)13-20(14-23(26)33)39-28(45)38-16-29(17-41)8-10-42-18-29/h5,9,13-15,41H,4,6-8,10-12,16-19H2,1-3H3,(H2,38,39,45). The number of aromatic nitrogens is 2. The van der Waals surface area contributed by atoms with E-state index in [-0.39, 0.29) is 59.3 Å². The van der Waals surface area contributed by atoms with E-state index in [1.165, 1.54) is 23.0 Å². The van der Waals surface area contributed by atoms with Gasteiger partial charge in [0, 0.05) is 63.5 Å². The Morgan fingerprint density at radius 2 is 1.89 bits per heavy atom. The van der Waals surface area contributed by atoms with Crippen LogP contribution < -0.4 is 15.4 Å². The molecule has 1 saturated carbocycles. The molecular weight excluding hydrogens is 648 g/mol. The molecule has 5 rings (SSSR count). The minimum Gasteiger partial charge on any atom is -0.450 e. The van der Waals surface area contributed by atoms with E-state index in [0.29, 0.717) is 39.2 Å². The van der Waals surface area contributed by atoms with Crippen molar-refractivity contribution < 1.29 is 41.3 Å². The number of fused-ring (bicyclic) bond motifs is 1. The van der Waals surface area contributed by atoms with Crippen LogP contribution in [0.4, 0.5) is 27.6 Å². The Labute approximate surface area is 270 Å². The van der Waals surface area contributed by atoms with E-state index in [1.54, 1.807) is 0 Å². The van der Waals surface area contributed by atoms with Gasteiger partial charge in [-0.25, -0.2) is 13.8 Å². The van der Waals surface area contributed by atoms with Crippen molar-refractivity contribution in [2.75, 3.05) is 38.3 Å². The van der Waals surface area contributed by atoms with Crippen molar-refractivity contribution in [3.63, 3.8) is 0 Å². The van der Waals surface area contributed by atoms with Gasteiger partial charge in [0.1, 0.15) is 18.1 Å². The van der Waals surface area contributed by atoms with Crippen molar-refractivity contribution >= 4 is 42.1 Å². The lowest BCUT2D eigenvalue weighted by atomic mass is 9.64. The minimum atomic E-state index is -4.56. The monoisotopic (exact) mass is 686 g/mol. The van der Waals surface area contributed by atoms with Crippen LogP contribution in [0, 0.1) is 17.0 Å². The van der Waals surface area contributed by atoms with Crippen LogP contribution in [-0.4, -0.2) is 67.0 Å². The molecular formula is C31H39F5N4O4SSi. The highest BCUT2D eigenvalue weighted by Crippen LogP contribution is 2.57. The number of halogens is 5. The van der Waals surface area contributed by atoms with Gasteiger partial charge in [0.15, 0.2) is 22.5 Å². The van der Waals surface area contributed by atoms with E-state index < -0.39 is 42.5 Å². The third kappa shape index (κ3) is 7.17. The lowest BCUT2D eigenvalue weighted by Crippen LogP contribution is -2.47. The number of nitrogens with zero attached hydrogens (tertiary/aromatic N) is 2. The number of pyridine rings is 1. The Morgan fingerprint density at radius 1 is 1.17 bits per heavy atom. The van der Waals surface area contributed by atoms with Crippen LogP contribution in [0.25, 0.3) is 11.0 Å². The molecule has 0 amide bonds. The second-order valence-corrected chi connectivity index (χ2v) is 19.5. The van der Waals surface area contributed by atoms with Crippen molar-refractivity contribution in [2.24, 2.45) is 5.41 Å². The molecule has 0 bridgehead atoms. The van der Waals surface area contributed by atoms with E-state index in [9.17, 15) is 18.3 Å². The highest BCUT2D eigenvalue weighted by molar-refractivity contribution is 7.80. The van der Waals surface area contributed by atoms with Gasteiger partial charge in [0.2, 0.25) is 0 Å². The average Bonchev–Trinajstić information content (AvgIpc) is 3.56. The SMILES string of the molecule is C[Si](C)(C)CCOCn1cc(C2(C(F)(F)F)CCC2)c2c(Oc3c(F)cc(NC(=S)NCC4(CO)CCOC4)cc3F)ccnc21. The molecule has 1 atom stereocenters. The molecule has 1 unspecified atom stereocenters. The molecule has 0 spiro atoms. The van der Waals surface area contributed by atoms with Crippen molar-refractivity contribution in [1.29, 1.82) is 0 Å². The fraction of sp³-hybridized carbons (Fsp3) is 0.548. The predicted octanol–water partition coefficient (Wildman–Crippen LogP) is 7.09. The Bertz CT molecular complexity index is 1550. The molecule has 1 aliphatic heterocycles. The highest BCUT2D eigenvalue weighted by Gasteiger charge is 2.60. The number of aliphatic hydroxyl groups excluding tert-OH is 1. The Balaban J connectivity index is 1.42. The van der Waals surface area contributed by atoms with Crippen LogP contribution in [0.1, 0.15) is 31.2 Å². The number of rotatable bonds is 12. The van der Waals surface area contributed by atoms with E-state index in [4.69, 9.17) is 26.4 Å². The summed E-state index contributed by atoms with van der Waals surface area (Å²) in [6.07, 6.45) is -1.07. The van der Waals surface area contributed by atoms with Gasteiger partial charge in [-0.15, -0.1) is 0 Å². The summed E-state index contributed by atoms with van der Waals surface area (Å²) in [5.41, 5.74) is -2.53. The molecule has 3 heterocycles. The first-order valence-electron chi connectivity index (χ1n) is 15.2. The summed E-state index contributed by atoms with van der Waals surface area (Å²) < 4.78 is 92.9. The second-order valence-electron chi connectivity index (χ2n) is 13.4. The number of hydrogen-bond acceptors (Lipinski definition) is 6. The summed E-state index contributed by atoms with van der Waals surface area (Å²) in [4.78, 5) is 4.34. The largest absolute Gasteiger partial charge is 0.450 e. The second kappa shape index (κ2) is 13.3. The predicted molar refractivity (Wildman–Crippen MR) is 171 cm³/mol. The summed E-state index contributed by atoms with van der Waals surface area (Å²) in [6, 6.07) is 4.13. The minimum absolute atomic E-state index is 0.00625. The Morgan fingerprint density at radius 3 is 2.46 bits per heavy atom. The maximum atomic E-state index is 15.4. The van der Waals surface area contributed by atoms with Crippen LogP contribution in [0.2, 0.25) is 25.7 Å². The molecule has 1 aromatic carbocycles. The summed E-state index contributed by atoms with van der Waals surface area (Å²) in [6.45, 7) is 8.05. The molecule has 0 radical (unpaired) electrons. The number of benzene rings is 1. The number of alkyl halides is 3. The maximum absolute atomic E-state index is 15.4. The Kier molecular flexibility index (Phi) is 10.00. The molecule has 1 saturated heterocycles. The first-order valence-corrected chi connectivity index (χ1v) is 19.3. The number of thiocarbonyl (C=S) groups is 1. The van der Waals surface area contributed by atoms with Gasteiger partial charge in [0.25, 0.3) is 0 Å². The van der Waals surface area contributed by atoms with Crippen molar-refractivity contribution in [3.05, 3.63) is 47.8 Å². The molecule has 2 aromatic heterocycles. The van der Waals surface area contributed by atoms with Crippen LogP contribution in [0.5, 0.6) is 11.5 Å². The van der Waals surface area contributed by atoms with E-state index in [0.717, 1.165) is 18.2 Å². The molecule has 46 heavy (non-hydrogen) atoms. The van der Waals surface area contributed by atoms with Crippen molar-refractivity contribution in [1.82, 2.24) is 14.9 Å². The van der Waals surface area contributed by atoms with Gasteiger partial charge in [-0.05, 0) is 49.2 Å². The normalized spacial score (nSPS) is 19.7. The maximum Gasteiger partial charge on any atom is 0.398 e. The van der Waals surface area contributed by atoms with Crippen LogP contribution in [-0.2, 0) is 21.6 Å². The highest BCUT2D eigenvalue weighted by atomic mass is 32.1. The smallest absolute Gasteiger partial charge is 0.398 e. The number of anilines is 1. The topological polar surface area (TPSA) is 89.8 Å². The fourth-order valence-corrected chi connectivity index (χ4v) is 6.71. The number of nitrogens with one attached hydrogen (secondary N) is 2. The van der Waals surface area contributed by atoms with Crippen LogP contribution >= 0.6 is 12.2 Å². The van der Waals surface area contributed by atoms with Gasteiger partial charge in [-0.2, -0.15) is 13.2 Å². The van der Waals surface area contributed by atoms with Crippen molar-refractivity contribution in [2.45, 2.75) is 69.7 Å². The first-order chi connectivity index (χ1) is 21.7. The molecule has 1 aliphatic carbocycles. The molecule has 2 aliphatic rings. The van der Waals surface area contributed by atoms with Gasteiger partial charge >= 0.3 is 6.18 Å². The number of hydrogen-bond donors (Lipinski definition) is 3. The fourth-order valence-electron chi connectivity index (χ4n) is 5.76. The van der Waals surface area contributed by atoms with Crippen LogP contribution in [0.3, 0.4) is 0 Å². The third-order valence-corrected chi connectivity index (χ3v) is 10.8.